The summed E-state index contributed by atoms with van der Waals surface area (Å²) in [4.78, 5) is 14.9. The van der Waals surface area contributed by atoms with Crippen molar-refractivity contribution in [1.29, 1.82) is 0 Å². The van der Waals surface area contributed by atoms with E-state index >= 15 is 0 Å². The summed E-state index contributed by atoms with van der Waals surface area (Å²) < 4.78 is 48.2. The minimum atomic E-state index is -4.88. The van der Waals surface area contributed by atoms with Crippen molar-refractivity contribution in [1.82, 2.24) is 10.2 Å². The van der Waals surface area contributed by atoms with Gasteiger partial charge in [0.15, 0.2) is 0 Å². The summed E-state index contributed by atoms with van der Waals surface area (Å²) in [6.07, 6.45) is -1.64. The predicted molar refractivity (Wildman–Crippen MR) is 125 cm³/mol. The number of alkyl halides is 3. The van der Waals surface area contributed by atoms with Crippen LogP contribution in [0.25, 0.3) is 0 Å². The Morgan fingerprint density at radius 2 is 1.71 bits per heavy atom. The Bertz CT molecular complexity index is 987. The molecule has 2 saturated heterocycles. The highest BCUT2D eigenvalue weighted by Crippen LogP contribution is 2.50. The lowest BCUT2D eigenvalue weighted by atomic mass is 9.62. The Labute approximate surface area is 199 Å². The minimum absolute atomic E-state index is 0.0337. The van der Waals surface area contributed by atoms with E-state index in [4.69, 9.17) is 4.74 Å². The second-order valence-electron chi connectivity index (χ2n) is 9.46. The van der Waals surface area contributed by atoms with Gasteiger partial charge in [0, 0.05) is 38.2 Å². The van der Waals surface area contributed by atoms with Crippen LogP contribution in [0.2, 0.25) is 0 Å². The summed E-state index contributed by atoms with van der Waals surface area (Å²) in [6.45, 7) is 4.45. The van der Waals surface area contributed by atoms with Gasteiger partial charge in [-0.1, -0.05) is 61.5 Å². The van der Waals surface area contributed by atoms with Gasteiger partial charge in [0.25, 0.3) is 11.5 Å². The molecular weight excluding hydrogens is 441 g/mol. The number of nitrogens with one attached hydrogen (secondary N) is 1. The monoisotopic (exact) mass is 474 g/mol. The summed E-state index contributed by atoms with van der Waals surface area (Å²) in [7, 11) is 0.967. The number of hydrogen-bond acceptors (Lipinski definition) is 3. The van der Waals surface area contributed by atoms with Crippen LogP contribution in [0.4, 0.5) is 13.2 Å². The van der Waals surface area contributed by atoms with Crippen molar-refractivity contribution in [2.75, 3.05) is 33.3 Å². The third-order valence-corrected chi connectivity index (χ3v) is 7.93. The molecule has 1 N–H and O–H groups in total. The number of hydrogen-bond donors (Lipinski definition) is 1. The van der Waals surface area contributed by atoms with Crippen molar-refractivity contribution in [3.63, 3.8) is 0 Å². The van der Waals surface area contributed by atoms with Gasteiger partial charge in [0.2, 0.25) is 0 Å². The van der Waals surface area contributed by atoms with Crippen molar-refractivity contribution < 1.29 is 22.7 Å². The molecule has 184 valence electrons. The van der Waals surface area contributed by atoms with Crippen LogP contribution >= 0.6 is 0 Å². The molecule has 2 fully saturated rings. The molecule has 4 rings (SSSR count). The zero-order valence-corrected chi connectivity index (χ0v) is 19.8. The summed E-state index contributed by atoms with van der Waals surface area (Å²) in [5.74, 6) is -0.749. The Kier molecular flexibility index (Phi) is 7.06. The van der Waals surface area contributed by atoms with E-state index < -0.39 is 17.7 Å². The number of benzene rings is 2. The summed E-state index contributed by atoms with van der Waals surface area (Å²) >= 11 is 0. The molecule has 4 nitrogen and oxygen atoms in total. The van der Waals surface area contributed by atoms with Crippen molar-refractivity contribution >= 4 is 5.91 Å². The highest BCUT2D eigenvalue weighted by molar-refractivity contribution is 5.88. The zero-order chi connectivity index (χ0) is 24.4. The quantitative estimate of drug-likeness (QED) is 0.660. The summed E-state index contributed by atoms with van der Waals surface area (Å²) in [6, 6.07) is 15.7. The molecule has 2 aliphatic heterocycles. The number of rotatable bonds is 5. The van der Waals surface area contributed by atoms with Crippen LogP contribution in [-0.4, -0.2) is 50.3 Å². The van der Waals surface area contributed by atoms with Crippen LogP contribution in [-0.2, 0) is 21.6 Å². The van der Waals surface area contributed by atoms with Crippen molar-refractivity contribution in [2.45, 2.75) is 50.3 Å². The lowest BCUT2D eigenvalue weighted by Crippen LogP contribution is -2.59. The van der Waals surface area contributed by atoms with Gasteiger partial charge >= 0.3 is 6.18 Å². The molecule has 0 unspecified atom stereocenters. The molecule has 2 aromatic carbocycles. The number of nitrogens with zero attached hydrogens (tertiary/aromatic N) is 1. The first-order chi connectivity index (χ1) is 16.3. The number of aryl methyl sites for hydroxylation is 1. The van der Waals surface area contributed by atoms with Crippen molar-refractivity contribution in [3.8, 4) is 0 Å². The maximum absolute atomic E-state index is 14.4. The lowest BCUT2D eigenvalue weighted by Gasteiger charge is -2.51. The highest BCUT2D eigenvalue weighted by Gasteiger charge is 2.64. The predicted octanol–water partition coefficient (Wildman–Crippen LogP) is 5.04. The number of methoxy groups -OCH3 is 1. The van der Waals surface area contributed by atoms with E-state index in [2.05, 4.69) is 36.5 Å². The SMILES string of the molecule is CCc1ccccc1[C@@H]1CNCCC12CCN(C(=O)[C@](OC)(c1ccccc1)C(F)(F)F)CC2. The molecule has 2 aromatic rings. The molecule has 2 aliphatic rings. The maximum Gasteiger partial charge on any atom is 0.430 e. The highest BCUT2D eigenvalue weighted by atomic mass is 19.4. The van der Waals surface area contributed by atoms with Crippen molar-refractivity contribution in [3.05, 3.63) is 71.3 Å². The Morgan fingerprint density at radius 1 is 1.06 bits per heavy atom. The average Bonchev–Trinajstić information content (AvgIpc) is 2.85. The van der Waals surface area contributed by atoms with E-state index in [-0.39, 0.29) is 30.0 Å². The average molecular weight is 475 g/mol. The molecule has 0 bridgehead atoms. The third-order valence-electron chi connectivity index (χ3n) is 7.93. The zero-order valence-electron chi connectivity index (χ0n) is 19.8. The largest absolute Gasteiger partial charge is 0.430 e. The molecule has 1 amide bonds. The summed E-state index contributed by atoms with van der Waals surface area (Å²) in [5.41, 5.74) is -0.585. The van der Waals surface area contributed by atoms with Gasteiger partial charge < -0.3 is 15.0 Å². The molecule has 34 heavy (non-hydrogen) atoms. The van der Waals surface area contributed by atoms with Crippen LogP contribution in [0, 0.1) is 5.41 Å². The minimum Gasteiger partial charge on any atom is -0.356 e. The fourth-order valence-electron chi connectivity index (χ4n) is 5.99. The Morgan fingerprint density at radius 3 is 2.32 bits per heavy atom. The fourth-order valence-corrected chi connectivity index (χ4v) is 5.99. The van der Waals surface area contributed by atoms with E-state index in [0.717, 1.165) is 33.0 Å². The number of carbonyl (C=O) groups is 1. The van der Waals surface area contributed by atoms with Gasteiger partial charge in [0.1, 0.15) is 0 Å². The standard InChI is InChI=1S/C27H33F3N2O2/c1-3-20-9-7-8-12-22(20)23-19-31-16-13-25(23)14-17-32(18-15-25)24(33)26(34-2,27(28,29)30)21-10-5-4-6-11-21/h4-12,23,31H,3,13-19H2,1-2H3/t23-,26+/m0/s1. The molecule has 7 heteroatoms. The van der Waals surface area contributed by atoms with E-state index in [1.54, 1.807) is 6.07 Å². The number of ether oxygens (including phenoxy) is 1. The van der Waals surface area contributed by atoms with Gasteiger partial charge in [-0.25, -0.2) is 0 Å². The van der Waals surface area contributed by atoms with Gasteiger partial charge in [-0.3, -0.25) is 4.79 Å². The molecular formula is C27H33F3N2O2. The van der Waals surface area contributed by atoms with Crippen molar-refractivity contribution in [2.24, 2.45) is 5.41 Å². The maximum atomic E-state index is 14.4. The Balaban J connectivity index is 1.61. The number of carbonyl (C=O) groups excluding carboxylic acids is 1. The molecule has 2 heterocycles. The normalized spacial score (nSPS) is 22.4. The lowest BCUT2D eigenvalue weighted by molar-refractivity contribution is -0.271. The number of halogens is 3. The fraction of sp³-hybridized carbons (Fsp3) is 0.519. The second-order valence-corrected chi connectivity index (χ2v) is 9.46. The summed E-state index contributed by atoms with van der Waals surface area (Å²) in [5, 5.41) is 3.52. The van der Waals surface area contributed by atoms with Gasteiger partial charge in [-0.2, -0.15) is 13.2 Å². The van der Waals surface area contributed by atoms with Crippen LogP contribution in [0.5, 0.6) is 0 Å². The van der Waals surface area contributed by atoms with E-state index in [9.17, 15) is 18.0 Å². The van der Waals surface area contributed by atoms with E-state index in [1.807, 2.05) is 0 Å². The number of piperidine rings is 2. The second kappa shape index (κ2) is 9.70. The molecule has 0 saturated carbocycles. The van der Waals surface area contributed by atoms with Gasteiger partial charge in [-0.05, 0) is 48.8 Å². The van der Waals surface area contributed by atoms with Gasteiger partial charge in [0.05, 0.1) is 0 Å². The first-order valence-electron chi connectivity index (χ1n) is 12.0. The molecule has 0 radical (unpaired) electrons. The topological polar surface area (TPSA) is 41.6 Å². The molecule has 0 aromatic heterocycles. The third kappa shape index (κ3) is 4.13. The Hall–Kier alpha value is -2.38. The number of amides is 1. The van der Waals surface area contributed by atoms with Crippen LogP contribution in [0.3, 0.4) is 0 Å². The van der Waals surface area contributed by atoms with Crippen LogP contribution < -0.4 is 5.32 Å². The first kappa shape index (κ1) is 24.7. The van der Waals surface area contributed by atoms with Crippen LogP contribution in [0.15, 0.2) is 54.6 Å². The number of likely N-dealkylation sites (tertiary alicyclic amines) is 1. The molecule has 0 aliphatic carbocycles. The van der Waals surface area contributed by atoms with E-state index in [0.29, 0.717) is 12.8 Å². The molecule has 1 spiro atoms. The smallest absolute Gasteiger partial charge is 0.356 e. The van der Waals surface area contributed by atoms with E-state index in [1.165, 1.54) is 40.3 Å². The molecule has 2 atom stereocenters. The van der Waals surface area contributed by atoms with Gasteiger partial charge in [-0.15, -0.1) is 0 Å². The van der Waals surface area contributed by atoms with Crippen LogP contribution in [0.1, 0.15) is 48.8 Å². The first-order valence-corrected chi connectivity index (χ1v) is 12.0.